The van der Waals surface area contributed by atoms with E-state index in [4.69, 9.17) is 14.2 Å². The van der Waals surface area contributed by atoms with Crippen LogP contribution < -0.4 is 9.47 Å². The van der Waals surface area contributed by atoms with E-state index in [1.807, 2.05) is 6.07 Å². The van der Waals surface area contributed by atoms with Crippen molar-refractivity contribution in [3.8, 4) is 11.5 Å². The van der Waals surface area contributed by atoms with Gasteiger partial charge in [-0.25, -0.2) is 0 Å². The fourth-order valence-corrected chi connectivity index (χ4v) is 4.50. The first-order valence-electron chi connectivity index (χ1n) is 9.12. The van der Waals surface area contributed by atoms with Crippen LogP contribution in [0.3, 0.4) is 0 Å². The van der Waals surface area contributed by atoms with Crippen molar-refractivity contribution in [2.24, 2.45) is 5.92 Å². The van der Waals surface area contributed by atoms with Crippen LogP contribution in [0.4, 0.5) is 0 Å². The van der Waals surface area contributed by atoms with Gasteiger partial charge in [0, 0.05) is 31.8 Å². The number of hydrogen-bond acceptors (Lipinski definition) is 7. The molecule has 2 heterocycles. The van der Waals surface area contributed by atoms with Gasteiger partial charge in [-0.05, 0) is 44.0 Å². The molecule has 7 heteroatoms. The summed E-state index contributed by atoms with van der Waals surface area (Å²) in [5.41, 5.74) is 0.877. The van der Waals surface area contributed by atoms with Gasteiger partial charge >= 0.3 is 17.9 Å². The lowest BCUT2D eigenvalue weighted by Gasteiger charge is -2.41. The fourth-order valence-electron chi connectivity index (χ4n) is 4.50. The minimum absolute atomic E-state index is 0.0492. The highest BCUT2D eigenvalue weighted by Crippen LogP contribution is 2.47. The summed E-state index contributed by atoms with van der Waals surface area (Å²) in [5, 5.41) is 0. The number of fused-ring (bicyclic) bond motifs is 2. The highest BCUT2D eigenvalue weighted by atomic mass is 16.6. The second-order valence-corrected chi connectivity index (χ2v) is 7.25. The van der Waals surface area contributed by atoms with Crippen LogP contribution in [0.1, 0.15) is 44.6 Å². The lowest BCUT2D eigenvalue weighted by atomic mass is 9.76. The van der Waals surface area contributed by atoms with E-state index < -0.39 is 11.9 Å². The number of hydrogen-bond donors (Lipinski definition) is 0. The SMILES string of the molecule is COC(=O)[C@@H]1[C@H]2CC[C@@H](C[C@H]1c1ccc(OC(C)=O)c(OC(C)=O)c1)N2C. The molecule has 0 unspecified atom stereocenters. The van der Waals surface area contributed by atoms with Crippen molar-refractivity contribution >= 4 is 17.9 Å². The van der Waals surface area contributed by atoms with E-state index in [2.05, 4.69) is 11.9 Å². The van der Waals surface area contributed by atoms with Crippen molar-refractivity contribution in [1.82, 2.24) is 4.90 Å². The molecule has 0 amide bonds. The highest BCUT2D eigenvalue weighted by Gasteiger charge is 2.49. The Morgan fingerprint density at radius 1 is 1.04 bits per heavy atom. The van der Waals surface area contributed by atoms with Gasteiger partial charge < -0.3 is 14.2 Å². The van der Waals surface area contributed by atoms with Gasteiger partial charge in [-0.1, -0.05) is 6.07 Å². The van der Waals surface area contributed by atoms with Gasteiger partial charge in [-0.15, -0.1) is 0 Å². The molecule has 2 aliphatic rings. The third-order valence-corrected chi connectivity index (χ3v) is 5.65. The molecule has 2 aliphatic heterocycles. The standard InChI is InChI=1S/C20H25NO6/c1-11(22)26-17-8-5-13(9-18(17)27-12(2)23)15-10-14-6-7-16(21(14)3)19(15)20(24)25-4/h5,8-9,14-16,19H,6-7,10H2,1-4H3/t14-,15-,16+,19-/m0/s1. The summed E-state index contributed by atoms with van der Waals surface area (Å²) >= 11 is 0. The number of nitrogens with zero attached hydrogens (tertiary/aromatic N) is 1. The molecule has 146 valence electrons. The summed E-state index contributed by atoms with van der Waals surface area (Å²) in [4.78, 5) is 37.6. The minimum Gasteiger partial charge on any atom is -0.469 e. The van der Waals surface area contributed by atoms with Crippen LogP contribution in [0.5, 0.6) is 11.5 Å². The normalized spacial score (nSPS) is 27.1. The number of carbonyl (C=O) groups is 3. The number of methoxy groups -OCH3 is 1. The molecule has 2 saturated heterocycles. The van der Waals surface area contributed by atoms with Gasteiger partial charge in [0.05, 0.1) is 13.0 Å². The van der Waals surface area contributed by atoms with E-state index >= 15 is 0 Å². The van der Waals surface area contributed by atoms with Gasteiger partial charge in [0.25, 0.3) is 0 Å². The van der Waals surface area contributed by atoms with E-state index in [-0.39, 0.29) is 35.3 Å². The van der Waals surface area contributed by atoms with E-state index in [0.717, 1.165) is 24.8 Å². The lowest BCUT2D eigenvalue weighted by Crippen LogP contribution is -2.49. The quantitative estimate of drug-likeness (QED) is 0.590. The Bertz CT molecular complexity index is 761. The Morgan fingerprint density at radius 3 is 2.33 bits per heavy atom. The predicted octanol–water partition coefficient (Wildman–Crippen LogP) is 2.28. The van der Waals surface area contributed by atoms with Crippen molar-refractivity contribution in [3.63, 3.8) is 0 Å². The van der Waals surface area contributed by atoms with Crippen molar-refractivity contribution in [3.05, 3.63) is 23.8 Å². The van der Waals surface area contributed by atoms with Crippen LogP contribution in [0.15, 0.2) is 18.2 Å². The zero-order chi connectivity index (χ0) is 19.7. The van der Waals surface area contributed by atoms with Crippen molar-refractivity contribution in [2.45, 2.75) is 51.1 Å². The topological polar surface area (TPSA) is 82.1 Å². The highest BCUT2D eigenvalue weighted by molar-refractivity contribution is 5.76. The Balaban J connectivity index is 1.99. The summed E-state index contributed by atoms with van der Waals surface area (Å²) in [6, 6.07) is 5.68. The summed E-state index contributed by atoms with van der Waals surface area (Å²) in [7, 11) is 3.47. The van der Waals surface area contributed by atoms with Gasteiger partial charge in [-0.2, -0.15) is 0 Å². The maximum atomic E-state index is 12.6. The van der Waals surface area contributed by atoms with Crippen LogP contribution in [-0.4, -0.2) is 49.0 Å². The fraction of sp³-hybridized carbons (Fsp3) is 0.550. The van der Waals surface area contributed by atoms with Crippen molar-refractivity contribution in [1.29, 1.82) is 0 Å². The van der Waals surface area contributed by atoms with E-state index in [0.29, 0.717) is 6.04 Å². The molecular weight excluding hydrogens is 350 g/mol. The number of ether oxygens (including phenoxy) is 3. The molecule has 3 rings (SSSR count). The Kier molecular flexibility index (Phi) is 5.51. The lowest BCUT2D eigenvalue weighted by molar-refractivity contribution is -0.150. The molecule has 0 N–H and O–H groups in total. The summed E-state index contributed by atoms with van der Waals surface area (Å²) in [6.07, 6.45) is 2.83. The number of esters is 3. The van der Waals surface area contributed by atoms with Crippen LogP contribution in [0.2, 0.25) is 0 Å². The Labute approximate surface area is 158 Å². The molecule has 0 radical (unpaired) electrons. The van der Waals surface area contributed by atoms with E-state index in [1.165, 1.54) is 21.0 Å². The average Bonchev–Trinajstić information content (AvgIpc) is 2.84. The molecule has 0 spiro atoms. The monoisotopic (exact) mass is 375 g/mol. The summed E-state index contributed by atoms with van der Waals surface area (Å²) in [6.45, 7) is 2.57. The molecule has 1 aromatic carbocycles. The molecule has 1 aromatic rings. The van der Waals surface area contributed by atoms with Crippen molar-refractivity contribution < 1.29 is 28.6 Å². The van der Waals surface area contributed by atoms with Gasteiger partial charge in [-0.3, -0.25) is 19.3 Å². The molecule has 2 bridgehead atoms. The molecule has 0 saturated carbocycles. The zero-order valence-corrected chi connectivity index (χ0v) is 16.1. The predicted molar refractivity (Wildman–Crippen MR) is 96.5 cm³/mol. The van der Waals surface area contributed by atoms with Gasteiger partial charge in [0.15, 0.2) is 11.5 Å². The number of carbonyl (C=O) groups excluding carboxylic acids is 3. The first kappa shape index (κ1) is 19.4. The number of piperidine rings is 1. The zero-order valence-electron chi connectivity index (χ0n) is 16.1. The molecule has 7 nitrogen and oxygen atoms in total. The van der Waals surface area contributed by atoms with Gasteiger partial charge in [0.1, 0.15) is 0 Å². The Morgan fingerprint density at radius 2 is 1.70 bits per heavy atom. The molecule has 0 aliphatic carbocycles. The second kappa shape index (κ2) is 7.68. The maximum Gasteiger partial charge on any atom is 0.310 e. The molecule has 4 atom stereocenters. The molecule has 0 aromatic heterocycles. The third-order valence-electron chi connectivity index (χ3n) is 5.65. The first-order valence-corrected chi connectivity index (χ1v) is 9.12. The van der Waals surface area contributed by atoms with E-state index in [9.17, 15) is 14.4 Å². The first-order chi connectivity index (χ1) is 12.8. The largest absolute Gasteiger partial charge is 0.469 e. The van der Waals surface area contributed by atoms with Crippen molar-refractivity contribution in [2.75, 3.05) is 14.2 Å². The van der Waals surface area contributed by atoms with Crippen LogP contribution in [0, 0.1) is 5.92 Å². The number of rotatable bonds is 4. The molecule has 2 fully saturated rings. The Hall–Kier alpha value is -2.41. The summed E-state index contributed by atoms with van der Waals surface area (Å²) in [5.74, 6) is -1.20. The second-order valence-electron chi connectivity index (χ2n) is 7.25. The maximum absolute atomic E-state index is 12.6. The number of benzene rings is 1. The molecule has 27 heavy (non-hydrogen) atoms. The van der Waals surface area contributed by atoms with Crippen LogP contribution >= 0.6 is 0 Å². The van der Waals surface area contributed by atoms with Crippen LogP contribution in [-0.2, 0) is 19.1 Å². The third kappa shape index (κ3) is 3.83. The molecular formula is C20H25NO6. The van der Waals surface area contributed by atoms with Crippen LogP contribution in [0.25, 0.3) is 0 Å². The summed E-state index contributed by atoms with van der Waals surface area (Å²) < 4.78 is 15.5. The van der Waals surface area contributed by atoms with E-state index in [1.54, 1.807) is 12.1 Å². The average molecular weight is 375 g/mol. The smallest absolute Gasteiger partial charge is 0.310 e. The minimum atomic E-state index is -0.506. The van der Waals surface area contributed by atoms with Gasteiger partial charge in [0.2, 0.25) is 0 Å².